The van der Waals surface area contributed by atoms with Gasteiger partial charge in [-0.1, -0.05) is 0 Å². The third-order valence-corrected chi connectivity index (χ3v) is 2.11. The molecule has 0 atom stereocenters. The van der Waals surface area contributed by atoms with Gasteiger partial charge >= 0.3 is 0 Å². The summed E-state index contributed by atoms with van der Waals surface area (Å²) in [7, 11) is 1.86. The number of H-pyrrole nitrogens is 1. The van der Waals surface area contributed by atoms with Crippen molar-refractivity contribution in [2.75, 3.05) is 13.2 Å². The van der Waals surface area contributed by atoms with Gasteiger partial charge in [0, 0.05) is 32.7 Å². The van der Waals surface area contributed by atoms with Gasteiger partial charge in [0.05, 0.1) is 12.4 Å². The zero-order valence-corrected chi connectivity index (χ0v) is 9.87. The summed E-state index contributed by atoms with van der Waals surface area (Å²) in [5, 5.41) is 27.2. The molecule has 0 bridgehead atoms. The fourth-order valence-electron chi connectivity index (χ4n) is 1.27. The number of aliphatic hydroxyl groups is 2. The first-order valence-electron chi connectivity index (χ1n) is 5.43. The molecule has 2 rings (SSSR count). The second kappa shape index (κ2) is 7.59. The predicted molar refractivity (Wildman–Crippen MR) is 63.4 cm³/mol. The van der Waals surface area contributed by atoms with Crippen LogP contribution in [0.15, 0.2) is 24.8 Å². The van der Waals surface area contributed by atoms with Crippen molar-refractivity contribution in [2.45, 2.75) is 12.8 Å². The van der Waals surface area contributed by atoms with Crippen LogP contribution < -0.4 is 0 Å². The van der Waals surface area contributed by atoms with E-state index < -0.39 is 0 Å². The quantitative estimate of drug-likeness (QED) is 0.694. The molecule has 0 unspecified atom stereocenters. The first kappa shape index (κ1) is 13.4. The summed E-state index contributed by atoms with van der Waals surface area (Å²) in [5.41, 5.74) is 2.13. The second-order valence-electron chi connectivity index (χ2n) is 3.58. The molecule has 6 nitrogen and oxygen atoms in total. The summed E-state index contributed by atoms with van der Waals surface area (Å²) in [4.78, 5) is 0. The van der Waals surface area contributed by atoms with E-state index in [-0.39, 0.29) is 13.2 Å². The molecule has 0 saturated heterocycles. The molecule has 0 fully saturated rings. The Morgan fingerprint density at radius 3 is 2.35 bits per heavy atom. The molecule has 0 aliphatic carbocycles. The normalized spacial score (nSPS) is 9.82. The number of hydrogen-bond acceptors (Lipinski definition) is 4. The Kier molecular flexibility index (Phi) is 5.98. The highest BCUT2D eigenvalue weighted by atomic mass is 16.3. The van der Waals surface area contributed by atoms with E-state index in [0.717, 1.165) is 11.1 Å². The van der Waals surface area contributed by atoms with Gasteiger partial charge in [-0.3, -0.25) is 9.78 Å². The highest BCUT2D eigenvalue weighted by Gasteiger charge is 1.91. The SMILES string of the molecule is Cn1cc(CCO)cn1.OCCc1cn[nH]c1. The minimum Gasteiger partial charge on any atom is -0.396 e. The van der Waals surface area contributed by atoms with Gasteiger partial charge in [-0.2, -0.15) is 10.2 Å². The Morgan fingerprint density at radius 1 is 1.18 bits per heavy atom. The highest BCUT2D eigenvalue weighted by molar-refractivity contribution is 5.03. The van der Waals surface area contributed by atoms with Gasteiger partial charge in [0.25, 0.3) is 0 Å². The van der Waals surface area contributed by atoms with Crippen LogP contribution in [-0.2, 0) is 19.9 Å². The molecular weight excluding hydrogens is 220 g/mol. The van der Waals surface area contributed by atoms with Gasteiger partial charge in [0.15, 0.2) is 0 Å². The summed E-state index contributed by atoms with van der Waals surface area (Å²) >= 11 is 0. The predicted octanol–water partition coefficient (Wildman–Crippen LogP) is -0.101. The number of hydrogen-bond donors (Lipinski definition) is 3. The van der Waals surface area contributed by atoms with Crippen molar-refractivity contribution in [1.82, 2.24) is 20.0 Å². The third kappa shape index (κ3) is 5.28. The van der Waals surface area contributed by atoms with Gasteiger partial charge in [0.1, 0.15) is 0 Å². The first-order chi connectivity index (χ1) is 8.26. The van der Waals surface area contributed by atoms with E-state index >= 15 is 0 Å². The maximum atomic E-state index is 8.49. The molecular formula is C11H18N4O2. The van der Waals surface area contributed by atoms with Crippen molar-refractivity contribution in [3.8, 4) is 0 Å². The Labute approximate surface area is 99.9 Å². The minimum atomic E-state index is 0.194. The van der Waals surface area contributed by atoms with Crippen LogP contribution in [0.5, 0.6) is 0 Å². The lowest BCUT2D eigenvalue weighted by Gasteiger charge is -1.86. The van der Waals surface area contributed by atoms with Crippen molar-refractivity contribution >= 4 is 0 Å². The van der Waals surface area contributed by atoms with E-state index in [1.165, 1.54) is 0 Å². The molecule has 94 valence electrons. The van der Waals surface area contributed by atoms with Gasteiger partial charge in [-0.25, -0.2) is 0 Å². The highest BCUT2D eigenvalue weighted by Crippen LogP contribution is 1.95. The lowest BCUT2D eigenvalue weighted by molar-refractivity contribution is 0.299. The van der Waals surface area contributed by atoms with Crippen molar-refractivity contribution in [1.29, 1.82) is 0 Å². The first-order valence-corrected chi connectivity index (χ1v) is 5.43. The Bertz CT molecular complexity index is 397. The van der Waals surface area contributed by atoms with Gasteiger partial charge in [-0.15, -0.1) is 0 Å². The number of nitrogens with zero attached hydrogens (tertiary/aromatic N) is 3. The molecule has 0 amide bonds. The molecule has 0 spiro atoms. The lowest BCUT2D eigenvalue weighted by atomic mass is 10.3. The molecule has 6 heteroatoms. The standard InChI is InChI=1S/C6H10N2O.C5H8N2O/c1-8-5-6(2-3-9)4-7-8;8-2-1-5-3-6-7-4-5/h4-5,9H,2-3H2,1H3;3-4,8H,1-2H2,(H,6,7). The maximum absolute atomic E-state index is 8.49. The Balaban J connectivity index is 0.000000171. The second-order valence-corrected chi connectivity index (χ2v) is 3.58. The third-order valence-electron chi connectivity index (χ3n) is 2.11. The summed E-state index contributed by atoms with van der Waals surface area (Å²) in [6.45, 7) is 0.394. The fourth-order valence-corrected chi connectivity index (χ4v) is 1.27. The molecule has 3 N–H and O–H groups in total. The van der Waals surface area contributed by atoms with Crippen LogP contribution in [0.1, 0.15) is 11.1 Å². The molecule has 2 aromatic heterocycles. The van der Waals surface area contributed by atoms with Crippen LogP contribution in [0, 0.1) is 0 Å². The van der Waals surface area contributed by atoms with E-state index in [1.54, 1.807) is 23.3 Å². The number of rotatable bonds is 4. The van der Waals surface area contributed by atoms with Crippen LogP contribution in [0.25, 0.3) is 0 Å². The average molecular weight is 238 g/mol. The smallest absolute Gasteiger partial charge is 0.0522 e. The minimum absolute atomic E-state index is 0.194. The molecule has 0 aromatic carbocycles. The maximum Gasteiger partial charge on any atom is 0.0522 e. The zero-order valence-electron chi connectivity index (χ0n) is 9.87. The molecule has 17 heavy (non-hydrogen) atoms. The van der Waals surface area contributed by atoms with Crippen LogP contribution >= 0.6 is 0 Å². The molecule has 0 aliphatic rings. The number of aliphatic hydroxyl groups excluding tert-OH is 2. The monoisotopic (exact) mass is 238 g/mol. The van der Waals surface area contributed by atoms with E-state index in [9.17, 15) is 0 Å². The lowest BCUT2D eigenvalue weighted by Crippen LogP contribution is -1.88. The van der Waals surface area contributed by atoms with E-state index in [0.29, 0.717) is 12.8 Å². The summed E-state index contributed by atoms with van der Waals surface area (Å²) in [6, 6.07) is 0. The number of aryl methyl sites for hydroxylation is 1. The topological polar surface area (TPSA) is 87.0 Å². The average Bonchev–Trinajstić information content (AvgIpc) is 2.93. The van der Waals surface area contributed by atoms with E-state index in [2.05, 4.69) is 15.3 Å². The largest absolute Gasteiger partial charge is 0.396 e. The summed E-state index contributed by atoms with van der Waals surface area (Å²) in [5.74, 6) is 0. The van der Waals surface area contributed by atoms with Crippen molar-refractivity contribution < 1.29 is 10.2 Å². The van der Waals surface area contributed by atoms with Crippen molar-refractivity contribution in [2.24, 2.45) is 7.05 Å². The number of nitrogens with one attached hydrogen (secondary N) is 1. The van der Waals surface area contributed by atoms with Gasteiger partial charge in [0.2, 0.25) is 0 Å². The van der Waals surface area contributed by atoms with Crippen LogP contribution in [0.3, 0.4) is 0 Å². The van der Waals surface area contributed by atoms with E-state index in [1.807, 2.05) is 13.2 Å². The number of aromatic amines is 1. The van der Waals surface area contributed by atoms with Crippen molar-refractivity contribution in [3.63, 3.8) is 0 Å². The van der Waals surface area contributed by atoms with Gasteiger partial charge in [-0.05, 0) is 24.0 Å². The Hall–Kier alpha value is -1.66. The van der Waals surface area contributed by atoms with Crippen LogP contribution in [0.2, 0.25) is 0 Å². The summed E-state index contributed by atoms with van der Waals surface area (Å²) in [6.07, 6.45) is 8.53. The van der Waals surface area contributed by atoms with Crippen molar-refractivity contribution in [3.05, 3.63) is 35.9 Å². The molecule has 0 aliphatic heterocycles. The molecule has 0 radical (unpaired) electrons. The summed E-state index contributed by atoms with van der Waals surface area (Å²) < 4.78 is 1.73. The van der Waals surface area contributed by atoms with Crippen LogP contribution in [0.4, 0.5) is 0 Å². The van der Waals surface area contributed by atoms with Gasteiger partial charge < -0.3 is 10.2 Å². The van der Waals surface area contributed by atoms with Crippen LogP contribution in [-0.4, -0.2) is 43.4 Å². The zero-order chi connectivity index (χ0) is 12.5. The fraction of sp³-hybridized carbons (Fsp3) is 0.455. The molecule has 2 aromatic rings. The molecule has 0 saturated carbocycles. The van der Waals surface area contributed by atoms with E-state index in [4.69, 9.17) is 10.2 Å². The number of aromatic nitrogens is 4. The molecule has 2 heterocycles. The Morgan fingerprint density at radius 2 is 1.88 bits per heavy atom.